The summed E-state index contributed by atoms with van der Waals surface area (Å²) in [6, 6.07) is 21.7. The molecule has 9 heteroatoms. The van der Waals surface area contributed by atoms with Crippen molar-refractivity contribution in [3.8, 4) is 11.4 Å². The first kappa shape index (κ1) is 22.8. The summed E-state index contributed by atoms with van der Waals surface area (Å²) in [5.41, 5.74) is 4.77. The van der Waals surface area contributed by atoms with Crippen molar-refractivity contribution in [2.45, 2.75) is 6.42 Å². The Morgan fingerprint density at radius 1 is 0.811 bits per heavy atom. The van der Waals surface area contributed by atoms with Gasteiger partial charge in [-0.05, 0) is 48.4 Å². The van der Waals surface area contributed by atoms with Crippen molar-refractivity contribution in [2.24, 2.45) is 0 Å². The summed E-state index contributed by atoms with van der Waals surface area (Å²) in [7, 11) is 0. The minimum atomic E-state index is 0.279. The number of nitrogens with one attached hydrogen (secondary N) is 1. The lowest BCUT2D eigenvalue weighted by atomic mass is 10.1. The normalized spacial score (nSPS) is 13.7. The van der Waals surface area contributed by atoms with Crippen molar-refractivity contribution < 1.29 is 5.11 Å². The predicted octanol–water partition coefficient (Wildman–Crippen LogP) is 3.90. The molecular formula is C28H28N8O. The van der Waals surface area contributed by atoms with Gasteiger partial charge in [0.2, 0.25) is 5.95 Å². The number of piperazine rings is 1. The lowest BCUT2D eigenvalue weighted by molar-refractivity contribution is 0.475. The minimum absolute atomic E-state index is 0.279. The van der Waals surface area contributed by atoms with Crippen LogP contribution in [0.3, 0.4) is 0 Å². The van der Waals surface area contributed by atoms with Gasteiger partial charge in [-0.15, -0.1) is 0 Å². The summed E-state index contributed by atoms with van der Waals surface area (Å²) in [6.07, 6.45) is 6.23. The Bertz CT molecular complexity index is 1460. The average molecular weight is 493 g/mol. The van der Waals surface area contributed by atoms with Gasteiger partial charge in [0.25, 0.3) is 0 Å². The molecule has 5 aromatic rings. The molecule has 0 amide bonds. The molecule has 37 heavy (non-hydrogen) atoms. The molecule has 4 heterocycles. The Kier molecular flexibility index (Phi) is 6.24. The predicted molar refractivity (Wildman–Crippen MR) is 146 cm³/mol. The van der Waals surface area contributed by atoms with E-state index < -0.39 is 0 Å². The SMILES string of the molecule is Oc1ccc(N2CCN(c3nc(NCCc4ccccc4)c4ncn(-c5cccnc5)c4n3)CC2)cc1. The highest BCUT2D eigenvalue weighted by Crippen LogP contribution is 2.26. The number of phenolic OH excluding ortho intramolecular Hbond substituents is 1. The van der Waals surface area contributed by atoms with Gasteiger partial charge < -0.3 is 20.2 Å². The Balaban J connectivity index is 1.28. The molecule has 186 valence electrons. The highest BCUT2D eigenvalue weighted by molar-refractivity contribution is 5.85. The molecule has 0 aliphatic carbocycles. The Labute approximate surface area is 215 Å². The van der Waals surface area contributed by atoms with Crippen LogP contribution in [0.2, 0.25) is 0 Å². The van der Waals surface area contributed by atoms with Gasteiger partial charge in [0, 0.05) is 44.6 Å². The molecule has 1 fully saturated rings. The maximum absolute atomic E-state index is 9.61. The lowest BCUT2D eigenvalue weighted by Gasteiger charge is -2.36. The molecule has 6 rings (SSSR count). The molecule has 0 spiro atoms. The highest BCUT2D eigenvalue weighted by atomic mass is 16.3. The molecule has 9 nitrogen and oxygen atoms in total. The summed E-state index contributed by atoms with van der Waals surface area (Å²) in [5.74, 6) is 1.70. The largest absolute Gasteiger partial charge is 0.508 e. The molecule has 2 aromatic carbocycles. The Morgan fingerprint density at radius 2 is 1.59 bits per heavy atom. The smallest absolute Gasteiger partial charge is 0.229 e. The molecule has 0 bridgehead atoms. The van der Waals surface area contributed by atoms with E-state index in [0.717, 1.165) is 67.5 Å². The van der Waals surface area contributed by atoms with Gasteiger partial charge >= 0.3 is 0 Å². The number of nitrogens with zero attached hydrogens (tertiary/aromatic N) is 7. The second kappa shape index (κ2) is 10.1. The van der Waals surface area contributed by atoms with Gasteiger partial charge in [0.1, 0.15) is 12.1 Å². The maximum Gasteiger partial charge on any atom is 0.229 e. The fraction of sp³-hybridized carbons (Fsp3) is 0.214. The third-order valence-corrected chi connectivity index (χ3v) is 6.63. The van der Waals surface area contributed by atoms with Crippen LogP contribution in [-0.4, -0.2) is 62.3 Å². The summed E-state index contributed by atoms with van der Waals surface area (Å²) in [6.45, 7) is 3.99. The van der Waals surface area contributed by atoms with E-state index in [0.29, 0.717) is 5.95 Å². The molecule has 0 saturated carbocycles. The number of phenols is 1. The van der Waals surface area contributed by atoms with Gasteiger partial charge in [-0.2, -0.15) is 9.97 Å². The monoisotopic (exact) mass is 492 g/mol. The fourth-order valence-electron chi connectivity index (χ4n) is 4.64. The van der Waals surface area contributed by atoms with E-state index in [-0.39, 0.29) is 5.75 Å². The number of aromatic hydroxyl groups is 1. The zero-order valence-electron chi connectivity index (χ0n) is 20.4. The second-order valence-corrected chi connectivity index (χ2v) is 9.02. The molecule has 1 aliphatic rings. The minimum Gasteiger partial charge on any atom is -0.508 e. The van der Waals surface area contributed by atoms with Crippen LogP contribution >= 0.6 is 0 Å². The standard InChI is InChI=1S/C28H28N8O/c37-24-10-8-22(9-11-24)34-15-17-35(18-16-34)28-32-26(30-14-12-21-5-2-1-3-6-21)25-27(33-28)36(20-31-25)23-7-4-13-29-19-23/h1-11,13,19-20,37H,12,14-18H2,(H,30,32,33). The number of anilines is 3. The van der Waals surface area contributed by atoms with E-state index >= 15 is 0 Å². The van der Waals surface area contributed by atoms with Crippen molar-refractivity contribution in [2.75, 3.05) is 47.8 Å². The topological polar surface area (TPSA) is 95.2 Å². The van der Waals surface area contributed by atoms with Crippen LogP contribution in [0.5, 0.6) is 5.75 Å². The van der Waals surface area contributed by atoms with Crippen LogP contribution in [0.1, 0.15) is 5.56 Å². The fourth-order valence-corrected chi connectivity index (χ4v) is 4.64. The zero-order valence-corrected chi connectivity index (χ0v) is 20.4. The quantitative estimate of drug-likeness (QED) is 0.353. The van der Waals surface area contributed by atoms with Crippen LogP contribution in [0.15, 0.2) is 85.5 Å². The summed E-state index contributed by atoms with van der Waals surface area (Å²) in [4.78, 5) is 23.4. The first-order valence-electron chi connectivity index (χ1n) is 12.5. The van der Waals surface area contributed by atoms with Crippen LogP contribution in [-0.2, 0) is 6.42 Å². The van der Waals surface area contributed by atoms with Crippen molar-refractivity contribution in [3.05, 3.63) is 91.0 Å². The summed E-state index contributed by atoms with van der Waals surface area (Å²) < 4.78 is 1.96. The van der Waals surface area contributed by atoms with E-state index in [9.17, 15) is 5.11 Å². The lowest BCUT2D eigenvalue weighted by Crippen LogP contribution is -2.47. The number of benzene rings is 2. The van der Waals surface area contributed by atoms with E-state index in [1.54, 1.807) is 24.7 Å². The van der Waals surface area contributed by atoms with Crippen LogP contribution in [0.25, 0.3) is 16.9 Å². The van der Waals surface area contributed by atoms with Crippen LogP contribution < -0.4 is 15.1 Å². The molecular weight excluding hydrogens is 464 g/mol. The van der Waals surface area contributed by atoms with E-state index in [1.165, 1.54) is 5.56 Å². The molecule has 0 atom stereocenters. The molecule has 1 saturated heterocycles. The van der Waals surface area contributed by atoms with E-state index in [4.69, 9.17) is 9.97 Å². The number of aromatic nitrogens is 5. The number of imidazole rings is 1. The summed E-state index contributed by atoms with van der Waals surface area (Å²) >= 11 is 0. The summed E-state index contributed by atoms with van der Waals surface area (Å²) in [5, 5.41) is 13.1. The number of hydrogen-bond acceptors (Lipinski definition) is 8. The second-order valence-electron chi connectivity index (χ2n) is 9.02. The zero-order chi connectivity index (χ0) is 25.0. The van der Waals surface area contributed by atoms with Crippen LogP contribution in [0.4, 0.5) is 17.5 Å². The molecule has 3 aromatic heterocycles. The third kappa shape index (κ3) is 4.88. The van der Waals surface area contributed by atoms with Gasteiger partial charge in [-0.25, -0.2) is 4.98 Å². The van der Waals surface area contributed by atoms with E-state index in [1.807, 2.05) is 41.1 Å². The Morgan fingerprint density at radius 3 is 2.35 bits per heavy atom. The van der Waals surface area contributed by atoms with Gasteiger partial charge in [0.15, 0.2) is 17.0 Å². The number of fused-ring (bicyclic) bond motifs is 1. The number of pyridine rings is 1. The molecule has 1 aliphatic heterocycles. The van der Waals surface area contributed by atoms with Crippen molar-refractivity contribution >= 4 is 28.6 Å². The first-order valence-corrected chi connectivity index (χ1v) is 12.5. The van der Waals surface area contributed by atoms with Crippen molar-refractivity contribution in [1.29, 1.82) is 0 Å². The van der Waals surface area contributed by atoms with Crippen molar-refractivity contribution in [3.63, 3.8) is 0 Å². The van der Waals surface area contributed by atoms with Gasteiger partial charge in [0.05, 0.1) is 11.9 Å². The average Bonchev–Trinajstić information content (AvgIpc) is 3.39. The van der Waals surface area contributed by atoms with E-state index in [2.05, 4.69) is 49.4 Å². The highest BCUT2D eigenvalue weighted by Gasteiger charge is 2.22. The maximum atomic E-state index is 9.61. The molecule has 0 unspecified atom stereocenters. The third-order valence-electron chi connectivity index (χ3n) is 6.63. The number of hydrogen-bond donors (Lipinski definition) is 2. The number of rotatable bonds is 7. The molecule has 0 radical (unpaired) electrons. The molecule has 2 N–H and O–H groups in total. The van der Waals surface area contributed by atoms with Crippen molar-refractivity contribution in [1.82, 2.24) is 24.5 Å². The van der Waals surface area contributed by atoms with Gasteiger partial charge in [-0.3, -0.25) is 9.55 Å². The van der Waals surface area contributed by atoms with Crippen LogP contribution in [0, 0.1) is 0 Å². The first-order chi connectivity index (χ1) is 18.2. The van der Waals surface area contributed by atoms with Gasteiger partial charge in [-0.1, -0.05) is 30.3 Å². The Hall–Kier alpha value is -4.66.